The number of hydrogen-bond acceptors (Lipinski definition) is 0. The van der Waals surface area contributed by atoms with Gasteiger partial charge in [-0.15, -0.1) is 0 Å². The summed E-state index contributed by atoms with van der Waals surface area (Å²) in [7, 11) is 0. The Morgan fingerprint density at radius 1 is 0.600 bits per heavy atom. The number of benzene rings is 3. The molecule has 4 atom stereocenters. The van der Waals surface area contributed by atoms with Crippen LogP contribution in [0.2, 0.25) is 0 Å². The van der Waals surface area contributed by atoms with Gasteiger partial charge in [0.2, 0.25) is 0 Å². The molecule has 0 aliphatic heterocycles. The molecule has 3 aromatic carbocycles. The second-order valence-corrected chi connectivity index (χ2v) is 9.18. The minimum atomic E-state index is 0.489. The topological polar surface area (TPSA) is 0 Å². The third kappa shape index (κ3) is 2.89. The molecule has 0 spiro atoms. The molecule has 0 bridgehead atoms. The summed E-state index contributed by atoms with van der Waals surface area (Å²) in [5.74, 6) is 2.54. The Hall–Kier alpha value is -2.86. The Bertz CT molecular complexity index is 1100. The van der Waals surface area contributed by atoms with Crippen LogP contribution in [0.3, 0.4) is 0 Å². The zero-order valence-electron chi connectivity index (χ0n) is 17.4. The van der Waals surface area contributed by atoms with Crippen molar-refractivity contribution in [2.24, 2.45) is 17.8 Å². The molecule has 0 unspecified atom stereocenters. The van der Waals surface area contributed by atoms with Crippen LogP contribution in [-0.2, 0) is 0 Å². The van der Waals surface area contributed by atoms with Gasteiger partial charge >= 0.3 is 0 Å². The smallest absolute Gasteiger partial charge is 0.00962 e. The van der Waals surface area contributed by atoms with Crippen molar-refractivity contribution in [2.45, 2.75) is 31.6 Å². The molecule has 0 aromatic heterocycles. The predicted molar refractivity (Wildman–Crippen MR) is 126 cm³/mol. The van der Waals surface area contributed by atoms with E-state index in [4.69, 9.17) is 0 Å². The van der Waals surface area contributed by atoms with Crippen LogP contribution in [0.15, 0.2) is 97.1 Å². The second-order valence-electron chi connectivity index (χ2n) is 9.18. The van der Waals surface area contributed by atoms with Crippen LogP contribution in [0.5, 0.6) is 0 Å². The fourth-order valence-electron chi connectivity index (χ4n) is 6.35. The summed E-state index contributed by atoms with van der Waals surface area (Å²) in [4.78, 5) is 0. The Morgan fingerprint density at radius 2 is 1.27 bits per heavy atom. The maximum absolute atomic E-state index is 2.64. The van der Waals surface area contributed by atoms with Gasteiger partial charge in [0.05, 0.1) is 0 Å². The molecule has 0 radical (unpaired) electrons. The third-order valence-corrected chi connectivity index (χ3v) is 7.65. The summed E-state index contributed by atoms with van der Waals surface area (Å²) >= 11 is 0. The van der Waals surface area contributed by atoms with Gasteiger partial charge in [-0.2, -0.15) is 0 Å². The molecular formula is C30H28. The lowest BCUT2D eigenvalue weighted by molar-refractivity contribution is 0.207. The Labute approximate surface area is 180 Å². The van der Waals surface area contributed by atoms with Crippen LogP contribution in [0.1, 0.15) is 53.9 Å². The summed E-state index contributed by atoms with van der Waals surface area (Å²) in [6.45, 7) is 0. The van der Waals surface area contributed by atoms with Crippen LogP contribution >= 0.6 is 0 Å². The first-order valence-corrected chi connectivity index (χ1v) is 11.5. The fourth-order valence-corrected chi connectivity index (χ4v) is 6.35. The van der Waals surface area contributed by atoms with Gasteiger partial charge in [-0.3, -0.25) is 0 Å². The number of hydrogen-bond donors (Lipinski definition) is 0. The number of fused-ring (bicyclic) bond motifs is 5. The van der Waals surface area contributed by atoms with Crippen molar-refractivity contribution in [3.63, 3.8) is 0 Å². The van der Waals surface area contributed by atoms with Crippen molar-refractivity contribution in [1.29, 1.82) is 0 Å². The van der Waals surface area contributed by atoms with Crippen molar-refractivity contribution < 1.29 is 0 Å². The molecule has 0 nitrogen and oxygen atoms in total. The summed E-state index contributed by atoms with van der Waals surface area (Å²) in [6, 6.07) is 31.3. The van der Waals surface area contributed by atoms with Crippen molar-refractivity contribution >= 4 is 11.1 Å². The second kappa shape index (κ2) is 7.43. The van der Waals surface area contributed by atoms with E-state index in [1.165, 1.54) is 53.5 Å². The van der Waals surface area contributed by atoms with Crippen LogP contribution in [0.4, 0.5) is 0 Å². The fraction of sp³-hybridized carbons (Fsp3) is 0.267. The minimum absolute atomic E-state index is 0.489. The molecule has 0 saturated heterocycles. The Balaban J connectivity index is 1.55. The van der Waals surface area contributed by atoms with E-state index in [-0.39, 0.29) is 0 Å². The summed E-state index contributed by atoms with van der Waals surface area (Å²) < 4.78 is 0. The van der Waals surface area contributed by atoms with Gasteiger partial charge in [-0.05, 0) is 64.0 Å². The first-order valence-electron chi connectivity index (χ1n) is 11.5. The summed E-state index contributed by atoms with van der Waals surface area (Å²) in [5.41, 5.74) is 8.77. The van der Waals surface area contributed by atoms with E-state index in [0.29, 0.717) is 17.8 Å². The molecule has 0 N–H and O–H groups in total. The lowest BCUT2D eigenvalue weighted by atomic mass is 9.57. The SMILES string of the molecule is C1=C(c2ccccc2)c2ccccc2[C@H]2C=C(c3ccccc3)[C@H]3CCCC[C@H]3[C@H]12. The highest BCUT2D eigenvalue weighted by molar-refractivity contribution is 5.85. The van der Waals surface area contributed by atoms with E-state index in [9.17, 15) is 0 Å². The highest BCUT2D eigenvalue weighted by atomic mass is 14.5. The Morgan fingerprint density at radius 3 is 2.07 bits per heavy atom. The molecule has 3 aliphatic carbocycles. The zero-order chi connectivity index (χ0) is 19.9. The predicted octanol–water partition coefficient (Wildman–Crippen LogP) is 7.74. The standard InChI is InChI=1S/C30H28/c1-3-11-21(12-4-1)27-19-29-26-18-10-8-16-24(26)28(22-13-5-2-6-14-22)20-30(29)25-17-9-7-15-23(25)27/h1-7,9,11-15,17,19-20,24,26,29-30H,8,10,16,18H2/t24-,26+,29-,30+/m0/s1. The average Bonchev–Trinajstić information content (AvgIpc) is 2.84. The van der Waals surface area contributed by atoms with Crippen LogP contribution < -0.4 is 0 Å². The van der Waals surface area contributed by atoms with Crippen LogP contribution in [0.25, 0.3) is 11.1 Å². The van der Waals surface area contributed by atoms with Gasteiger partial charge in [0.1, 0.15) is 0 Å². The van der Waals surface area contributed by atoms with E-state index in [1.807, 2.05) is 0 Å². The first kappa shape index (κ1) is 18.0. The normalized spacial score (nSPS) is 27.2. The van der Waals surface area contributed by atoms with Gasteiger partial charge in [0.15, 0.2) is 0 Å². The highest BCUT2D eigenvalue weighted by Gasteiger charge is 2.43. The lowest BCUT2D eigenvalue weighted by Gasteiger charge is -2.47. The van der Waals surface area contributed by atoms with Crippen molar-refractivity contribution in [2.75, 3.05) is 0 Å². The van der Waals surface area contributed by atoms with Gasteiger partial charge < -0.3 is 0 Å². The molecule has 30 heavy (non-hydrogen) atoms. The molecule has 0 heteroatoms. The van der Waals surface area contributed by atoms with E-state index in [2.05, 4.69) is 97.1 Å². The van der Waals surface area contributed by atoms with E-state index in [1.54, 1.807) is 5.57 Å². The largest absolute Gasteiger partial charge is 0.0723 e. The summed E-state index contributed by atoms with van der Waals surface area (Å²) in [5, 5.41) is 0. The maximum atomic E-state index is 2.64. The molecule has 1 saturated carbocycles. The van der Waals surface area contributed by atoms with Crippen molar-refractivity contribution in [3.05, 3.63) is 119 Å². The molecule has 0 heterocycles. The van der Waals surface area contributed by atoms with Crippen LogP contribution in [0, 0.1) is 17.8 Å². The molecular weight excluding hydrogens is 360 g/mol. The van der Waals surface area contributed by atoms with Gasteiger partial charge in [0, 0.05) is 5.92 Å². The molecule has 0 amide bonds. The highest BCUT2D eigenvalue weighted by Crippen LogP contribution is 2.56. The monoisotopic (exact) mass is 388 g/mol. The number of allylic oxidation sites excluding steroid dienone is 3. The van der Waals surface area contributed by atoms with E-state index in [0.717, 1.165) is 5.92 Å². The number of rotatable bonds is 2. The first-order chi connectivity index (χ1) is 14.9. The van der Waals surface area contributed by atoms with Crippen molar-refractivity contribution in [1.82, 2.24) is 0 Å². The Kier molecular flexibility index (Phi) is 4.45. The molecule has 1 fully saturated rings. The van der Waals surface area contributed by atoms with Gasteiger partial charge in [-0.25, -0.2) is 0 Å². The lowest BCUT2D eigenvalue weighted by Crippen LogP contribution is -2.35. The molecule has 148 valence electrons. The quantitative estimate of drug-likeness (QED) is 0.421. The van der Waals surface area contributed by atoms with Gasteiger partial charge in [0.25, 0.3) is 0 Å². The molecule has 3 aliphatic rings. The third-order valence-electron chi connectivity index (χ3n) is 7.65. The van der Waals surface area contributed by atoms with E-state index < -0.39 is 0 Å². The van der Waals surface area contributed by atoms with Crippen molar-refractivity contribution in [3.8, 4) is 0 Å². The van der Waals surface area contributed by atoms with E-state index >= 15 is 0 Å². The van der Waals surface area contributed by atoms with Crippen LogP contribution in [-0.4, -0.2) is 0 Å². The molecule has 3 aromatic rings. The van der Waals surface area contributed by atoms with Gasteiger partial charge in [-0.1, -0.05) is 110 Å². The maximum Gasteiger partial charge on any atom is 0.00962 e. The molecule has 6 rings (SSSR count). The minimum Gasteiger partial charge on any atom is -0.0723 e. The summed E-state index contributed by atoms with van der Waals surface area (Å²) in [6.07, 6.45) is 10.7. The average molecular weight is 389 g/mol. The zero-order valence-corrected chi connectivity index (χ0v) is 17.4.